The molecule has 0 radical (unpaired) electrons. The van der Waals surface area contributed by atoms with Crippen molar-refractivity contribution in [1.29, 1.82) is 0 Å². The van der Waals surface area contributed by atoms with Gasteiger partial charge in [0.25, 0.3) is 5.91 Å². The van der Waals surface area contributed by atoms with Crippen LogP contribution in [-0.4, -0.2) is 25.5 Å². The number of anilines is 1. The molecule has 1 atom stereocenters. The second-order valence-electron chi connectivity index (χ2n) is 6.42. The second-order valence-corrected chi connectivity index (χ2v) is 6.42. The van der Waals surface area contributed by atoms with Crippen LogP contribution >= 0.6 is 0 Å². The van der Waals surface area contributed by atoms with E-state index in [2.05, 4.69) is 41.4 Å². The van der Waals surface area contributed by atoms with Gasteiger partial charge in [-0.2, -0.15) is 0 Å². The first-order chi connectivity index (χ1) is 11.5. The average Bonchev–Trinajstić information content (AvgIpc) is 3.00. The van der Waals surface area contributed by atoms with Crippen LogP contribution in [0, 0.1) is 19.8 Å². The van der Waals surface area contributed by atoms with Crippen molar-refractivity contribution < 1.29 is 9.21 Å². The van der Waals surface area contributed by atoms with Gasteiger partial charge >= 0.3 is 0 Å². The van der Waals surface area contributed by atoms with E-state index in [4.69, 9.17) is 4.42 Å². The van der Waals surface area contributed by atoms with E-state index in [1.54, 1.807) is 6.92 Å². The van der Waals surface area contributed by atoms with Gasteiger partial charge in [-0.15, -0.1) is 0 Å². The van der Waals surface area contributed by atoms with E-state index in [0.717, 1.165) is 19.5 Å². The maximum absolute atomic E-state index is 12.1. The molecule has 126 valence electrons. The lowest BCUT2D eigenvalue weighted by molar-refractivity contribution is 0.0916. The third-order valence-electron chi connectivity index (χ3n) is 4.32. The Kier molecular flexibility index (Phi) is 4.69. The van der Waals surface area contributed by atoms with Crippen LogP contribution in [0.25, 0.3) is 0 Å². The fourth-order valence-electron chi connectivity index (χ4n) is 3.10. The number of hydrogen-bond acceptors (Lipinski definition) is 4. The molecule has 0 saturated carbocycles. The Bertz CT molecular complexity index is 797. The predicted octanol–water partition coefficient (Wildman–Crippen LogP) is 2.51. The number of rotatable bonds is 4. The molecule has 0 bridgehead atoms. The van der Waals surface area contributed by atoms with Crippen LogP contribution in [0.4, 0.5) is 5.69 Å². The van der Waals surface area contributed by atoms with Crippen LogP contribution in [0.1, 0.15) is 28.3 Å². The Morgan fingerprint density at radius 3 is 2.88 bits per heavy atom. The van der Waals surface area contributed by atoms with E-state index in [1.807, 2.05) is 0 Å². The molecule has 2 heterocycles. The lowest BCUT2D eigenvalue weighted by Crippen LogP contribution is -2.31. The van der Waals surface area contributed by atoms with Crippen molar-refractivity contribution in [1.82, 2.24) is 5.32 Å². The second kappa shape index (κ2) is 6.91. The van der Waals surface area contributed by atoms with E-state index in [0.29, 0.717) is 18.2 Å². The molecule has 24 heavy (non-hydrogen) atoms. The molecule has 1 amide bonds. The molecule has 1 aromatic carbocycles. The molecule has 1 fully saturated rings. The average molecular weight is 326 g/mol. The van der Waals surface area contributed by atoms with Crippen molar-refractivity contribution in [2.24, 2.45) is 5.92 Å². The zero-order valence-electron chi connectivity index (χ0n) is 14.0. The van der Waals surface area contributed by atoms with Crippen LogP contribution in [0.2, 0.25) is 0 Å². The summed E-state index contributed by atoms with van der Waals surface area (Å²) in [5.41, 5.74) is 2.27. The van der Waals surface area contributed by atoms with E-state index in [9.17, 15) is 9.59 Å². The number of benzene rings is 1. The summed E-state index contributed by atoms with van der Waals surface area (Å²) in [6.07, 6.45) is 1.03. The van der Waals surface area contributed by atoms with Crippen molar-refractivity contribution in [3.05, 3.63) is 63.7 Å². The first-order valence-corrected chi connectivity index (χ1v) is 8.23. The summed E-state index contributed by atoms with van der Waals surface area (Å²) < 4.78 is 5.32. The molecule has 1 saturated heterocycles. The van der Waals surface area contributed by atoms with Crippen molar-refractivity contribution in [3.63, 3.8) is 0 Å². The summed E-state index contributed by atoms with van der Waals surface area (Å²) in [6, 6.07) is 11.1. The number of carbonyl (C=O) groups is 1. The number of carbonyl (C=O) groups excluding carboxylic acids is 1. The van der Waals surface area contributed by atoms with Crippen molar-refractivity contribution in [2.45, 2.75) is 20.3 Å². The Hall–Kier alpha value is -2.56. The molecule has 5 heteroatoms. The molecule has 0 aliphatic carbocycles. The minimum absolute atomic E-state index is 0.0773. The van der Waals surface area contributed by atoms with Gasteiger partial charge < -0.3 is 14.6 Å². The van der Waals surface area contributed by atoms with Crippen molar-refractivity contribution >= 4 is 11.6 Å². The Morgan fingerprint density at radius 2 is 2.12 bits per heavy atom. The van der Waals surface area contributed by atoms with E-state index in [1.165, 1.54) is 23.4 Å². The number of nitrogens with zero attached hydrogens (tertiary/aromatic N) is 1. The van der Waals surface area contributed by atoms with Gasteiger partial charge in [0.05, 0.1) is 0 Å². The number of amides is 1. The minimum Gasteiger partial charge on any atom is -0.456 e. The lowest BCUT2D eigenvalue weighted by Gasteiger charge is -2.19. The molecule has 0 unspecified atom stereocenters. The van der Waals surface area contributed by atoms with E-state index < -0.39 is 0 Å². The topological polar surface area (TPSA) is 62.6 Å². The van der Waals surface area contributed by atoms with Crippen LogP contribution in [0.15, 0.2) is 45.6 Å². The summed E-state index contributed by atoms with van der Waals surface area (Å²) in [4.78, 5) is 25.9. The van der Waals surface area contributed by atoms with E-state index >= 15 is 0 Å². The highest BCUT2D eigenvalue weighted by Crippen LogP contribution is 2.24. The fourth-order valence-corrected chi connectivity index (χ4v) is 3.10. The van der Waals surface area contributed by atoms with Gasteiger partial charge in [-0.05, 0) is 43.9 Å². The Balaban J connectivity index is 1.56. The summed E-state index contributed by atoms with van der Waals surface area (Å²) >= 11 is 0. The molecular weight excluding hydrogens is 304 g/mol. The van der Waals surface area contributed by atoms with Gasteiger partial charge in [0.15, 0.2) is 11.2 Å². The van der Waals surface area contributed by atoms with Gasteiger partial charge in [-0.1, -0.05) is 12.1 Å². The summed E-state index contributed by atoms with van der Waals surface area (Å²) in [5, 5.41) is 2.88. The van der Waals surface area contributed by atoms with Crippen LogP contribution < -0.4 is 15.6 Å². The van der Waals surface area contributed by atoms with Crippen molar-refractivity contribution in [3.8, 4) is 0 Å². The van der Waals surface area contributed by atoms with Gasteiger partial charge in [-0.3, -0.25) is 9.59 Å². The third-order valence-corrected chi connectivity index (χ3v) is 4.32. The zero-order chi connectivity index (χ0) is 17.1. The Labute approximate surface area is 141 Å². The molecule has 2 aromatic rings. The highest BCUT2D eigenvalue weighted by Gasteiger charge is 2.23. The number of nitrogens with one attached hydrogen (secondary N) is 1. The maximum Gasteiger partial charge on any atom is 0.287 e. The molecular formula is C19H22N2O3. The number of aryl methyl sites for hydroxylation is 2. The summed E-state index contributed by atoms with van der Waals surface area (Å²) in [5.74, 6) is 0.587. The smallest absolute Gasteiger partial charge is 0.287 e. The van der Waals surface area contributed by atoms with Crippen LogP contribution in [-0.2, 0) is 0 Å². The SMILES string of the molecule is Cc1cccc(N2CC[C@H](CNC(=O)c3cc(=O)cc(C)o3)C2)c1. The Morgan fingerprint density at radius 1 is 1.29 bits per heavy atom. The lowest BCUT2D eigenvalue weighted by atomic mass is 10.1. The third kappa shape index (κ3) is 3.85. The van der Waals surface area contributed by atoms with Crippen LogP contribution in [0.3, 0.4) is 0 Å². The minimum atomic E-state index is -0.329. The first-order valence-electron chi connectivity index (χ1n) is 8.23. The molecule has 1 N–H and O–H groups in total. The first kappa shape index (κ1) is 16.3. The quantitative estimate of drug-likeness (QED) is 0.938. The molecule has 1 aliphatic rings. The highest BCUT2D eigenvalue weighted by atomic mass is 16.3. The fraction of sp³-hybridized carbons (Fsp3) is 0.368. The summed E-state index contributed by atoms with van der Waals surface area (Å²) in [6.45, 7) is 6.24. The van der Waals surface area contributed by atoms with Gasteiger partial charge in [0.1, 0.15) is 5.76 Å². The normalized spacial score (nSPS) is 17.1. The van der Waals surface area contributed by atoms with Crippen molar-refractivity contribution in [2.75, 3.05) is 24.5 Å². The van der Waals surface area contributed by atoms with Crippen LogP contribution in [0.5, 0.6) is 0 Å². The van der Waals surface area contributed by atoms with Gasteiger partial charge in [0.2, 0.25) is 0 Å². The highest BCUT2D eigenvalue weighted by molar-refractivity contribution is 5.91. The monoisotopic (exact) mass is 326 g/mol. The molecule has 0 spiro atoms. The molecule has 5 nitrogen and oxygen atoms in total. The standard InChI is InChI=1S/C19H22N2O3/c1-13-4-3-5-16(8-13)21-7-6-15(12-21)11-20-19(23)18-10-17(22)9-14(2)24-18/h3-5,8-10,15H,6-7,11-12H2,1-2H3,(H,20,23)/t15-/m1/s1. The molecule has 3 rings (SSSR count). The van der Waals surface area contributed by atoms with Gasteiger partial charge in [0, 0.05) is 37.5 Å². The van der Waals surface area contributed by atoms with E-state index in [-0.39, 0.29) is 17.1 Å². The summed E-state index contributed by atoms with van der Waals surface area (Å²) in [7, 11) is 0. The largest absolute Gasteiger partial charge is 0.456 e. The zero-order valence-corrected chi connectivity index (χ0v) is 14.0. The predicted molar refractivity (Wildman–Crippen MR) is 93.5 cm³/mol. The maximum atomic E-state index is 12.1. The van der Waals surface area contributed by atoms with Gasteiger partial charge in [-0.25, -0.2) is 0 Å². The number of hydrogen-bond donors (Lipinski definition) is 1. The molecule has 1 aromatic heterocycles. The molecule has 1 aliphatic heterocycles.